The van der Waals surface area contributed by atoms with E-state index in [0.717, 1.165) is 22.4 Å². The fourth-order valence-corrected chi connectivity index (χ4v) is 3.27. The number of carbonyl (C=O) groups excluding carboxylic acids is 2. The molecule has 1 aliphatic heterocycles. The molecule has 0 bridgehead atoms. The van der Waals surface area contributed by atoms with Gasteiger partial charge in [0.2, 0.25) is 5.91 Å². The van der Waals surface area contributed by atoms with Crippen LogP contribution in [-0.4, -0.2) is 54.9 Å². The van der Waals surface area contributed by atoms with Crippen LogP contribution in [-0.2, 0) is 11.2 Å². The summed E-state index contributed by atoms with van der Waals surface area (Å²) in [5.41, 5.74) is 2.60. The van der Waals surface area contributed by atoms with Crippen LogP contribution >= 0.6 is 0 Å². The van der Waals surface area contributed by atoms with Crippen molar-refractivity contribution in [1.29, 1.82) is 0 Å². The molecule has 0 aromatic heterocycles. The zero-order valence-corrected chi connectivity index (χ0v) is 15.3. The lowest BCUT2D eigenvalue weighted by Crippen LogP contribution is -2.51. The van der Waals surface area contributed by atoms with Crippen LogP contribution in [0.5, 0.6) is 5.75 Å². The minimum Gasteiger partial charge on any atom is -0.496 e. The van der Waals surface area contributed by atoms with Gasteiger partial charge in [0.05, 0.1) is 13.5 Å². The number of para-hydroxylation sites is 1. The summed E-state index contributed by atoms with van der Waals surface area (Å²) in [6, 6.07) is 15.2. The molecule has 2 aromatic carbocycles. The predicted molar refractivity (Wildman–Crippen MR) is 100 cm³/mol. The Morgan fingerprint density at radius 3 is 2.23 bits per heavy atom. The van der Waals surface area contributed by atoms with Crippen LogP contribution in [0.4, 0.5) is 0 Å². The molecular formula is C21H24N2O3. The van der Waals surface area contributed by atoms with E-state index in [1.807, 2.05) is 65.3 Å². The van der Waals surface area contributed by atoms with E-state index >= 15 is 0 Å². The van der Waals surface area contributed by atoms with Crippen molar-refractivity contribution in [1.82, 2.24) is 9.80 Å². The van der Waals surface area contributed by atoms with Crippen molar-refractivity contribution < 1.29 is 14.3 Å². The van der Waals surface area contributed by atoms with Crippen LogP contribution in [0.25, 0.3) is 0 Å². The first-order chi connectivity index (χ1) is 12.6. The van der Waals surface area contributed by atoms with Gasteiger partial charge in [-0.1, -0.05) is 36.4 Å². The first-order valence-corrected chi connectivity index (χ1v) is 8.84. The van der Waals surface area contributed by atoms with Crippen LogP contribution in [0.1, 0.15) is 21.5 Å². The van der Waals surface area contributed by atoms with Gasteiger partial charge in [0.25, 0.3) is 5.91 Å². The van der Waals surface area contributed by atoms with E-state index in [1.54, 1.807) is 7.11 Å². The van der Waals surface area contributed by atoms with E-state index in [-0.39, 0.29) is 11.8 Å². The number of rotatable bonds is 4. The lowest BCUT2D eigenvalue weighted by molar-refractivity contribution is -0.131. The third kappa shape index (κ3) is 3.87. The van der Waals surface area contributed by atoms with Gasteiger partial charge in [0, 0.05) is 37.3 Å². The van der Waals surface area contributed by atoms with Crippen molar-refractivity contribution in [2.75, 3.05) is 33.3 Å². The Balaban J connectivity index is 1.59. The van der Waals surface area contributed by atoms with Gasteiger partial charge in [-0.3, -0.25) is 9.59 Å². The quantitative estimate of drug-likeness (QED) is 0.850. The molecule has 26 heavy (non-hydrogen) atoms. The second-order valence-corrected chi connectivity index (χ2v) is 6.48. The topological polar surface area (TPSA) is 49.9 Å². The summed E-state index contributed by atoms with van der Waals surface area (Å²) in [6.45, 7) is 4.19. The molecule has 5 nitrogen and oxygen atoms in total. The van der Waals surface area contributed by atoms with Gasteiger partial charge < -0.3 is 14.5 Å². The lowest BCUT2D eigenvalue weighted by Gasteiger charge is -2.35. The van der Waals surface area contributed by atoms with E-state index in [2.05, 4.69) is 0 Å². The first kappa shape index (κ1) is 18.0. The zero-order chi connectivity index (χ0) is 18.5. The van der Waals surface area contributed by atoms with Crippen LogP contribution in [0.15, 0.2) is 48.5 Å². The number of benzene rings is 2. The number of hydrogen-bond donors (Lipinski definition) is 0. The molecule has 1 fully saturated rings. The number of nitrogens with zero attached hydrogens (tertiary/aromatic N) is 2. The van der Waals surface area contributed by atoms with Crippen molar-refractivity contribution in [3.63, 3.8) is 0 Å². The molecule has 2 amide bonds. The highest BCUT2D eigenvalue weighted by molar-refractivity contribution is 5.95. The third-order valence-electron chi connectivity index (χ3n) is 4.83. The number of aryl methyl sites for hydroxylation is 1. The summed E-state index contributed by atoms with van der Waals surface area (Å²) >= 11 is 0. The molecular weight excluding hydrogens is 328 g/mol. The smallest absolute Gasteiger partial charge is 0.254 e. The minimum absolute atomic E-state index is 0.0416. The SMILES string of the molecule is COc1ccccc1CC(=O)N1CCN(C(=O)c2ccccc2C)CC1. The molecule has 0 N–H and O–H groups in total. The molecule has 0 spiro atoms. The maximum Gasteiger partial charge on any atom is 0.254 e. The first-order valence-electron chi connectivity index (χ1n) is 8.84. The molecule has 136 valence electrons. The fraction of sp³-hybridized carbons (Fsp3) is 0.333. The number of hydrogen-bond acceptors (Lipinski definition) is 3. The summed E-state index contributed by atoms with van der Waals surface area (Å²) in [4.78, 5) is 28.9. The molecule has 0 radical (unpaired) electrons. The van der Waals surface area contributed by atoms with Crippen LogP contribution in [0.2, 0.25) is 0 Å². The number of methoxy groups -OCH3 is 1. The molecule has 1 saturated heterocycles. The molecule has 1 heterocycles. The molecule has 0 aliphatic carbocycles. The second kappa shape index (κ2) is 8.04. The van der Waals surface area contributed by atoms with Crippen molar-refractivity contribution in [2.45, 2.75) is 13.3 Å². The average molecular weight is 352 g/mol. The van der Waals surface area contributed by atoms with Crippen LogP contribution in [0, 0.1) is 6.92 Å². The highest BCUT2D eigenvalue weighted by Crippen LogP contribution is 2.19. The second-order valence-electron chi connectivity index (χ2n) is 6.48. The number of piperazine rings is 1. The Bertz CT molecular complexity index is 795. The zero-order valence-electron chi connectivity index (χ0n) is 15.3. The van der Waals surface area contributed by atoms with E-state index in [9.17, 15) is 9.59 Å². The van der Waals surface area contributed by atoms with Crippen molar-refractivity contribution in [3.8, 4) is 5.75 Å². The molecule has 3 rings (SSSR count). The molecule has 0 saturated carbocycles. The Labute approximate surface area is 154 Å². The van der Waals surface area contributed by atoms with Crippen molar-refractivity contribution in [2.24, 2.45) is 0 Å². The highest BCUT2D eigenvalue weighted by Gasteiger charge is 2.25. The number of ether oxygens (including phenoxy) is 1. The van der Waals surface area contributed by atoms with Gasteiger partial charge in [0.1, 0.15) is 5.75 Å². The maximum atomic E-state index is 12.7. The molecule has 1 aliphatic rings. The van der Waals surface area contributed by atoms with Crippen LogP contribution in [0.3, 0.4) is 0 Å². The van der Waals surface area contributed by atoms with Gasteiger partial charge >= 0.3 is 0 Å². The number of carbonyl (C=O) groups is 2. The van der Waals surface area contributed by atoms with Crippen molar-refractivity contribution in [3.05, 3.63) is 65.2 Å². The Morgan fingerprint density at radius 2 is 1.54 bits per heavy atom. The molecule has 0 unspecified atom stereocenters. The van der Waals surface area contributed by atoms with E-state index in [4.69, 9.17) is 4.74 Å². The van der Waals surface area contributed by atoms with Gasteiger partial charge in [-0.25, -0.2) is 0 Å². The monoisotopic (exact) mass is 352 g/mol. The Morgan fingerprint density at radius 1 is 0.923 bits per heavy atom. The van der Waals surface area contributed by atoms with E-state index < -0.39 is 0 Å². The Kier molecular flexibility index (Phi) is 5.56. The minimum atomic E-state index is 0.0416. The van der Waals surface area contributed by atoms with Crippen molar-refractivity contribution >= 4 is 11.8 Å². The normalized spacial score (nSPS) is 14.2. The van der Waals surface area contributed by atoms with Crippen LogP contribution < -0.4 is 4.74 Å². The summed E-state index contributed by atoms with van der Waals surface area (Å²) in [5.74, 6) is 0.839. The Hall–Kier alpha value is -2.82. The standard InChI is InChI=1S/C21H24N2O3/c1-16-7-3-5-9-18(16)21(25)23-13-11-22(12-14-23)20(24)15-17-8-4-6-10-19(17)26-2/h3-10H,11-15H2,1-2H3. The van der Waals surface area contributed by atoms with Gasteiger partial charge in [0.15, 0.2) is 0 Å². The molecule has 5 heteroatoms. The number of amides is 2. The largest absolute Gasteiger partial charge is 0.496 e. The summed E-state index contributed by atoms with van der Waals surface area (Å²) in [7, 11) is 1.61. The van der Waals surface area contributed by atoms with Gasteiger partial charge in [-0.05, 0) is 24.6 Å². The molecule has 2 aromatic rings. The summed E-state index contributed by atoms with van der Waals surface area (Å²) in [6.07, 6.45) is 0.315. The van der Waals surface area contributed by atoms with Gasteiger partial charge in [-0.2, -0.15) is 0 Å². The summed E-state index contributed by atoms with van der Waals surface area (Å²) < 4.78 is 5.32. The summed E-state index contributed by atoms with van der Waals surface area (Å²) in [5, 5.41) is 0. The highest BCUT2D eigenvalue weighted by atomic mass is 16.5. The predicted octanol–water partition coefficient (Wildman–Crippen LogP) is 2.53. The van der Waals surface area contributed by atoms with Gasteiger partial charge in [-0.15, -0.1) is 0 Å². The fourth-order valence-electron chi connectivity index (χ4n) is 3.27. The van der Waals surface area contributed by atoms with E-state index in [1.165, 1.54) is 0 Å². The lowest BCUT2D eigenvalue weighted by atomic mass is 10.1. The average Bonchev–Trinajstić information content (AvgIpc) is 2.68. The molecule has 0 atom stereocenters. The van der Waals surface area contributed by atoms with E-state index in [0.29, 0.717) is 32.6 Å². The maximum absolute atomic E-state index is 12.7. The third-order valence-corrected chi connectivity index (χ3v) is 4.83.